The summed E-state index contributed by atoms with van der Waals surface area (Å²) in [4.78, 5) is 25.0. The molecular formula is C36H68N2O22. The van der Waals surface area contributed by atoms with Crippen LogP contribution in [-0.4, -0.2) is 243 Å². The number of unbranched alkanes of at least 4 members (excludes halogenated alkanes) is 9. The second-order valence-corrected chi connectivity index (χ2v) is 15.1. The van der Waals surface area contributed by atoms with Crippen LogP contribution in [0, 0.1) is 0 Å². The first kappa shape index (κ1) is 54.3. The quantitative estimate of drug-likeness (QED) is 0.0310. The van der Waals surface area contributed by atoms with Gasteiger partial charge in [0.25, 0.3) is 11.8 Å². The minimum atomic E-state index is -2.14. The topological polar surface area (TPSA) is 419 Å². The molecule has 2 rings (SSSR count). The van der Waals surface area contributed by atoms with Crippen molar-refractivity contribution < 1.29 is 110 Å². The highest BCUT2D eigenvalue weighted by Crippen LogP contribution is 2.27. The number of hydrogen-bond acceptors (Lipinski definition) is 22. The van der Waals surface area contributed by atoms with E-state index in [1.807, 2.05) is 0 Å². The molecule has 18 atom stereocenters. The van der Waals surface area contributed by atoms with Crippen LogP contribution < -0.4 is 10.6 Å². The predicted octanol–water partition coefficient (Wildman–Crippen LogP) is -8.36. The zero-order valence-electron chi connectivity index (χ0n) is 33.3. The van der Waals surface area contributed by atoms with Crippen molar-refractivity contribution in [1.82, 2.24) is 10.6 Å². The Bertz CT molecular complexity index is 1110. The van der Waals surface area contributed by atoms with Crippen LogP contribution >= 0.6 is 0 Å². The number of carbonyl (C=O) groups excluding carboxylic acids is 2. The van der Waals surface area contributed by atoms with Gasteiger partial charge in [0.05, 0.1) is 26.4 Å². The first-order chi connectivity index (χ1) is 28.5. The smallest absolute Gasteiger partial charge is 0.251 e. The van der Waals surface area contributed by atoms with Gasteiger partial charge in [0.15, 0.2) is 24.8 Å². The van der Waals surface area contributed by atoms with Crippen LogP contribution in [0.5, 0.6) is 0 Å². The van der Waals surface area contributed by atoms with Crippen molar-refractivity contribution in [3.8, 4) is 0 Å². The summed E-state index contributed by atoms with van der Waals surface area (Å²) < 4.78 is 21.0. The summed E-state index contributed by atoms with van der Waals surface area (Å²) >= 11 is 0. The second kappa shape index (κ2) is 28.0. The van der Waals surface area contributed by atoms with Gasteiger partial charge in [-0.25, -0.2) is 0 Å². The van der Waals surface area contributed by atoms with E-state index in [9.17, 15) is 91.3 Å². The van der Waals surface area contributed by atoms with Crippen molar-refractivity contribution in [1.29, 1.82) is 0 Å². The molecule has 354 valence electrons. The first-order valence-electron chi connectivity index (χ1n) is 20.2. The number of ether oxygens (including phenoxy) is 4. The molecule has 0 unspecified atom stereocenters. The monoisotopic (exact) mass is 880 g/mol. The van der Waals surface area contributed by atoms with Crippen LogP contribution in [0.15, 0.2) is 0 Å². The lowest BCUT2D eigenvalue weighted by Crippen LogP contribution is -2.62. The predicted molar refractivity (Wildman–Crippen MR) is 200 cm³/mol. The SMILES string of the molecule is O=C(NCCCCCCCCCCCCNC(=O)[C@H](O)[C@@H](O)[C@H](O[C@@H]1O[C@H](CO)[C@@H](O)[C@H](O)[C@H]1O)[C@H](O)CO)[C@H](O)[C@@H](O)[C@H](O[C@@H]1O[C@H](CO)[C@@H](O)[C@H](O)[C@H]1O)[C@H](O)CO. The third kappa shape index (κ3) is 16.0. The van der Waals surface area contributed by atoms with E-state index >= 15 is 0 Å². The fraction of sp³-hybridized carbons (Fsp3) is 0.944. The van der Waals surface area contributed by atoms with Gasteiger partial charge >= 0.3 is 0 Å². The van der Waals surface area contributed by atoms with Gasteiger partial charge in [-0.2, -0.15) is 0 Å². The van der Waals surface area contributed by atoms with E-state index in [0.717, 1.165) is 51.4 Å². The molecule has 24 nitrogen and oxygen atoms in total. The van der Waals surface area contributed by atoms with E-state index in [-0.39, 0.29) is 13.1 Å². The Balaban J connectivity index is 1.60. The first-order valence-corrected chi connectivity index (χ1v) is 20.2. The van der Waals surface area contributed by atoms with E-state index in [0.29, 0.717) is 12.8 Å². The Kier molecular flexibility index (Phi) is 25.4. The number of rotatable bonds is 29. The Labute approximate surface area is 346 Å². The average Bonchev–Trinajstić information content (AvgIpc) is 3.25. The maximum Gasteiger partial charge on any atom is 0.251 e. The molecule has 2 fully saturated rings. The van der Waals surface area contributed by atoms with Crippen molar-refractivity contribution in [3.63, 3.8) is 0 Å². The Morgan fingerprint density at radius 3 is 1.05 bits per heavy atom. The molecule has 2 saturated heterocycles. The molecule has 0 spiro atoms. The van der Waals surface area contributed by atoms with Crippen LogP contribution in [0.3, 0.4) is 0 Å². The number of aliphatic hydroxyl groups is 16. The van der Waals surface area contributed by atoms with E-state index in [2.05, 4.69) is 10.6 Å². The minimum absolute atomic E-state index is 0.150. The van der Waals surface area contributed by atoms with Crippen LogP contribution in [0.1, 0.15) is 64.2 Å². The minimum Gasteiger partial charge on any atom is -0.394 e. The summed E-state index contributed by atoms with van der Waals surface area (Å²) in [6, 6.07) is 0. The molecule has 0 aromatic rings. The summed E-state index contributed by atoms with van der Waals surface area (Å²) in [5.41, 5.74) is 0. The molecule has 2 amide bonds. The van der Waals surface area contributed by atoms with Gasteiger partial charge in [-0.1, -0.05) is 51.4 Å². The van der Waals surface area contributed by atoms with Crippen molar-refractivity contribution in [3.05, 3.63) is 0 Å². The standard InChI is InChI=1S/C36H68N2O22/c39-13-17(43)31(59-35-29(53)23(47)21(45)19(15-41)57-35)25(49)27(51)33(55)37-11-9-7-5-3-1-2-4-6-8-10-12-38-34(56)28(52)26(50)32(18(44)14-40)60-36-30(54)24(48)22(46)20(16-42)58-36/h17-32,35-36,39-54H,1-16H2,(H,37,55)(H,38,56)/t17-,18-,19-,20-,21-,22-,23+,24+,25-,26-,27-,28-,29-,30-,31-,32-,35+,36+/m1/s1. The number of nitrogens with one attached hydrogen (secondary N) is 2. The normalized spacial score (nSPS) is 31.3. The van der Waals surface area contributed by atoms with E-state index < -0.39 is 148 Å². The molecule has 0 radical (unpaired) electrons. The average molecular weight is 881 g/mol. The molecule has 2 aliphatic heterocycles. The number of aliphatic hydroxyl groups excluding tert-OH is 16. The lowest BCUT2D eigenvalue weighted by molar-refractivity contribution is -0.326. The Morgan fingerprint density at radius 2 is 0.767 bits per heavy atom. The molecule has 24 heteroatoms. The van der Waals surface area contributed by atoms with Gasteiger partial charge in [0, 0.05) is 13.1 Å². The van der Waals surface area contributed by atoms with Crippen molar-refractivity contribution >= 4 is 11.8 Å². The molecule has 2 aliphatic rings. The van der Waals surface area contributed by atoms with E-state index in [4.69, 9.17) is 18.9 Å². The molecule has 18 N–H and O–H groups in total. The highest BCUT2D eigenvalue weighted by molar-refractivity contribution is 5.81. The van der Waals surface area contributed by atoms with Crippen LogP contribution in [-0.2, 0) is 28.5 Å². The van der Waals surface area contributed by atoms with Gasteiger partial charge in [0.2, 0.25) is 0 Å². The molecule has 60 heavy (non-hydrogen) atoms. The largest absolute Gasteiger partial charge is 0.394 e. The van der Waals surface area contributed by atoms with Gasteiger partial charge < -0.3 is 111 Å². The molecule has 2 heterocycles. The molecule has 0 aliphatic carbocycles. The molecule has 0 bridgehead atoms. The fourth-order valence-electron chi connectivity index (χ4n) is 6.64. The lowest BCUT2D eigenvalue weighted by atomic mass is 9.98. The zero-order valence-corrected chi connectivity index (χ0v) is 33.3. The third-order valence-electron chi connectivity index (χ3n) is 10.5. The van der Waals surface area contributed by atoms with Gasteiger partial charge in [-0.05, 0) is 12.8 Å². The maximum absolute atomic E-state index is 12.5. The zero-order chi connectivity index (χ0) is 45.1. The van der Waals surface area contributed by atoms with Gasteiger partial charge in [-0.3, -0.25) is 9.59 Å². The van der Waals surface area contributed by atoms with Crippen molar-refractivity contribution in [2.24, 2.45) is 0 Å². The van der Waals surface area contributed by atoms with Crippen LogP contribution in [0.4, 0.5) is 0 Å². The van der Waals surface area contributed by atoms with Crippen molar-refractivity contribution in [2.75, 3.05) is 39.5 Å². The Hall–Kier alpha value is -1.86. The molecule has 0 aromatic carbocycles. The number of amides is 2. The van der Waals surface area contributed by atoms with Gasteiger partial charge in [-0.15, -0.1) is 0 Å². The fourth-order valence-corrected chi connectivity index (χ4v) is 6.64. The maximum atomic E-state index is 12.5. The van der Waals surface area contributed by atoms with Crippen LogP contribution in [0.25, 0.3) is 0 Å². The Morgan fingerprint density at radius 1 is 0.467 bits per heavy atom. The highest BCUT2D eigenvalue weighted by atomic mass is 16.7. The molecule has 0 aromatic heterocycles. The number of carbonyl (C=O) groups is 2. The highest BCUT2D eigenvalue weighted by Gasteiger charge is 2.49. The second-order valence-electron chi connectivity index (χ2n) is 15.1. The summed E-state index contributed by atoms with van der Waals surface area (Å²) in [7, 11) is 0. The summed E-state index contributed by atoms with van der Waals surface area (Å²) in [5.74, 6) is -2.01. The summed E-state index contributed by atoms with van der Waals surface area (Å²) in [6.45, 7) is -3.25. The summed E-state index contributed by atoms with van der Waals surface area (Å²) in [6.07, 6.45) is -25.4. The van der Waals surface area contributed by atoms with E-state index in [1.165, 1.54) is 0 Å². The van der Waals surface area contributed by atoms with E-state index in [1.54, 1.807) is 0 Å². The van der Waals surface area contributed by atoms with Crippen molar-refractivity contribution in [2.45, 2.75) is 174 Å². The third-order valence-corrected chi connectivity index (χ3v) is 10.5. The summed E-state index contributed by atoms with van der Waals surface area (Å²) in [5, 5.41) is 165. The molecular weight excluding hydrogens is 812 g/mol. The van der Waals surface area contributed by atoms with Gasteiger partial charge in [0.1, 0.15) is 85.5 Å². The molecule has 0 saturated carbocycles. The number of hydrogen-bond donors (Lipinski definition) is 18. The lowest BCUT2D eigenvalue weighted by Gasteiger charge is -2.42. The van der Waals surface area contributed by atoms with Crippen LogP contribution in [0.2, 0.25) is 0 Å².